The van der Waals surface area contributed by atoms with Crippen molar-refractivity contribution in [2.24, 2.45) is 0 Å². The zero-order valence-electron chi connectivity index (χ0n) is 7.73. The summed E-state index contributed by atoms with van der Waals surface area (Å²) in [4.78, 5) is 3.32. The minimum atomic E-state index is -4.53. The van der Waals surface area contributed by atoms with Crippen LogP contribution in [0.25, 0.3) is 0 Å². The maximum atomic E-state index is 12.3. The summed E-state index contributed by atoms with van der Waals surface area (Å²) in [6.07, 6.45) is -4.53. The molecule has 0 fully saturated rings. The molecule has 0 aliphatic carbocycles. The monoisotopic (exact) mass is 284 g/mol. The number of halogens is 4. The average Bonchev–Trinajstić information content (AvgIpc) is 2.11. The van der Waals surface area contributed by atoms with Crippen LogP contribution in [0.2, 0.25) is 0 Å². The van der Waals surface area contributed by atoms with E-state index in [2.05, 4.69) is 20.9 Å². The van der Waals surface area contributed by atoms with E-state index < -0.39 is 11.9 Å². The summed E-state index contributed by atoms with van der Waals surface area (Å²) >= 11 is 3.00. The van der Waals surface area contributed by atoms with Crippen molar-refractivity contribution in [2.45, 2.75) is 13.1 Å². The molecule has 0 aliphatic heterocycles. The van der Waals surface area contributed by atoms with Gasteiger partial charge in [0.25, 0.3) is 0 Å². The fraction of sp³-hybridized carbons (Fsp3) is 0.375. The predicted octanol–water partition coefficient (Wildman–Crippen LogP) is 2.84. The van der Waals surface area contributed by atoms with Gasteiger partial charge in [0, 0.05) is 0 Å². The number of nitrogens with zero attached hydrogens (tertiary/aromatic N) is 1. The molecule has 0 saturated heterocycles. The molecule has 1 aromatic rings. The summed E-state index contributed by atoms with van der Waals surface area (Å²) < 4.78 is 42.1. The molecule has 0 saturated carbocycles. The summed E-state index contributed by atoms with van der Waals surface area (Å²) in [6, 6.07) is 0.757. The van der Waals surface area contributed by atoms with Crippen LogP contribution >= 0.6 is 15.9 Å². The first-order valence-electron chi connectivity index (χ1n) is 4.02. The number of ether oxygens (including phenoxy) is 1. The van der Waals surface area contributed by atoms with Gasteiger partial charge in [0.05, 0.1) is 12.3 Å². The van der Waals surface area contributed by atoms with Crippen LogP contribution < -0.4 is 10.5 Å². The molecule has 2 N–H and O–H groups in total. The topological polar surface area (TPSA) is 48.1 Å². The van der Waals surface area contributed by atoms with E-state index in [4.69, 9.17) is 10.5 Å². The molecule has 15 heavy (non-hydrogen) atoms. The lowest BCUT2D eigenvalue weighted by atomic mass is 10.3. The van der Waals surface area contributed by atoms with Crippen LogP contribution in [0.5, 0.6) is 5.88 Å². The number of pyridine rings is 1. The second-order valence-electron chi connectivity index (χ2n) is 2.65. The van der Waals surface area contributed by atoms with Crippen LogP contribution in [0.3, 0.4) is 0 Å². The largest absolute Gasteiger partial charge is 0.477 e. The van der Waals surface area contributed by atoms with Gasteiger partial charge in [-0.1, -0.05) is 0 Å². The second-order valence-corrected chi connectivity index (χ2v) is 3.44. The Morgan fingerprint density at radius 2 is 2.13 bits per heavy atom. The van der Waals surface area contributed by atoms with E-state index >= 15 is 0 Å². The third-order valence-corrected chi connectivity index (χ3v) is 2.32. The van der Waals surface area contributed by atoms with Crippen molar-refractivity contribution in [1.29, 1.82) is 0 Å². The zero-order chi connectivity index (χ0) is 11.6. The number of rotatable bonds is 2. The Morgan fingerprint density at radius 3 is 2.60 bits per heavy atom. The highest BCUT2D eigenvalue weighted by Crippen LogP contribution is 2.35. The zero-order valence-corrected chi connectivity index (χ0v) is 9.32. The lowest BCUT2D eigenvalue weighted by molar-refractivity contribution is -0.141. The van der Waals surface area contributed by atoms with Crippen LogP contribution in [0, 0.1) is 0 Å². The van der Waals surface area contributed by atoms with Crippen molar-refractivity contribution in [3.63, 3.8) is 0 Å². The maximum absolute atomic E-state index is 12.3. The molecule has 0 aliphatic rings. The molecule has 0 bridgehead atoms. The highest BCUT2D eigenvalue weighted by Gasteiger charge is 2.34. The number of nitrogens with two attached hydrogens (primary N) is 1. The molecule has 7 heteroatoms. The van der Waals surface area contributed by atoms with Gasteiger partial charge in [-0.05, 0) is 28.9 Å². The van der Waals surface area contributed by atoms with E-state index in [-0.39, 0.29) is 22.6 Å². The van der Waals surface area contributed by atoms with Crippen molar-refractivity contribution in [2.75, 3.05) is 12.3 Å². The van der Waals surface area contributed by atoms with Crippen molar-refractivity contribution in [3.05, 3.63) is 16.2 Å². The lowest BCUT2D eigenvalue weighted by Gasteiger charge is -2.11. The number of hydrogen-bond donors (Lipinski definition) is 1. The van der Waals surface area contributed by atoms with E-state index in [9.17, 15) is 13.2 Å². The Labute approximate surface area is 92.6 Å². The van der Waals surface area contributed by atoms with Gasteiger partial charge >= 0.3 is 6.18 Å². The summed E-state index contributed by atoms with van der Waals surface area (Å²) in [6.45, 7) is 1.86. The molecule has 3 nitrogen and oxygen atoms in total. The summed E-state index contributed by atoms with van der Waals surface area (Å²) in [5.74, 6) is -0.148. The number of hydrogen-bond acceptors (Lipinski definition) is 3. The Balaban J connectivity index is 3.23. The molecular weight excluding hydrogens is 277 g/mol. The van der Waals surface area contributed by atoms with Crippen LogP contribution in [0.15, 0.2) is 10.5 Å². The van der Waals surface area contributed by atoms with Gasteiger partial charge in [-0.15, -0.1) is 0 Å². The average molecular weight is 285 g/mol. The molecular formula is C8H8BrF3N2O. The molecule has 0 radical (unpaired) electrons. The Hall–Kier alpha value is -0.980. The first kappa shape index (κ1) is 12.1. The smallest absolute Gasteiger partial charge is 0.433 e. The Bertz CT molecular complexity index is 368. The van der Waals surface area contributed by atoms with Crippen LogP contribution in [0.1, 0.15) is 12.6 Å². The maximum Gasteiger partial charge on any atom is 0.433 e. The first-order valence-corrected chi connectivity index (χ1v) is 4.81. The quantitative estimate of drug-likeness (QED) is 0.909. The molecule has 84 valence electrons. The number of nitrogen functional groups attached to an aromatic ring is 1. The number of anilines is 1. The molecule has 1 heterocycles. The fourth-order valence-corrected chi connectivity index (χ4v) is 1.22. The van der Waals surface area contributed by atoms with Crippen molar-refractivity contribution < 1.29 is 17.9 Å². The van der Waals surface area contributed by atoms with Gasteiger partial charge in [0.1, 0.15) is 4.47 Å². The van der Waals surface area contributed by atoms with Gasteiger partial charge in [-0.3, -0.25) is 0 Å². The van der Waals surface area contributed by atoms with Gasteiger partial charge in [-0.25, -0.2) is 4.98 Å². The molecule has 0 amide bonds. The predicted molar refractivity (Wildman–Crippen MR) is 52.5 cm³/mol. The van der Waals surface area contributed by atoms with E-state index in [0.717, 1.165) is 6.07 Å². The molecule has 1 rings (SSSR count). The SMILES string of the molecule is CCOc1nc(C(F)(F)F)cc(N)c1Br. The normalized spacial score (nSPS) is 11.5. The van der Waals surface area contributed by atoms with E-state index in [1.54, 1.807) is 6.92 Å². The molecule has 1 aromatic heterocycles. The second kappa shape index (κ2) is 4.26. The lowest BCUT2D eigenvalue weighted by Crippen LogP contribution is -2.11. The van der Waals surface area contributed by atoms with Crippen molar-refractivity contribution in [3.8, 4) is 5.88 Å². The van der Waals surface area contributed by atoms with Crippen LogP contribution in [0.4, 0.5) is 18.9 Å². The highest BCUT2D eigenvalue weighted by atomic mass is 79.9. The highest BCUT2D eigenvalue weighted by molar-refractivity contribution is 9.10. The third kappa shape index (κ3) is 2.74. The summed E-state index contributed by atoms with van der Waals surface area (Å²) in [5, 5.41) is 0. The number of alkyl halides is 3. The molecule has 0 unspecified atom stereocenters. The van der Waals surface area contributed by atoms with E-state index in [1.165, 1.54) is 0 Å². The number of aromatic nitrogens is 1. The van der Waals surface area contributed by atoms with Crippen LogP contribution in [-0.2, 0) is 6.18 Å². The summed E-state index contributed by atoms with van der Waals surface area (Å²) in [7, 11) is 0. The molecule has 0 atom stereocenters. The Morgan fingerprint density at radius 1 is 1.53 bits per heavy atom. The van der Waals surface area contributed by atoms with Crippen molar-refractivity contribution in [1.82, 2.24) is 4.98 Å². The van der Waals surface area contributed by atoms with E-state index in [0.29, 0.717) is 0 Å². The molecule has 0 aromatic carbocycles. The third-order valence-electron chi connectivity index (χ3n) is 1.53. The Kier molecular flexibility index (Phi) is 3.43. The summed E-state index contributed by atoms with van der Waals surface area (Å²) in [5.41, 5.74) is 4.26. The van der Waals surface area contributed by atoms with E-state index in [1.807, 2.05) is 0 Å². The first-order chi connectivity index (χ1) is 6.86. The van der Waals surface area contributed by atoms with Gasteiger partial charge < -0.3 is 10.5 Å². The minimum absolute atomic E-state index is 0.0548. The standard InChI is InChI=1S/C8H8BrF3N2O/c1-2-15-7-6(9)4(13)3-5(14-7)8(10,11)12/h3H,2H2,1H3,(H2,13,14). The van der Waals surface area contributed by atoms with Gasteiger partial charge in [0.2, 0.25) is 5.88 Å². The van der Waals surface area contributed by atoms with Gasteiger partial charge in [-0.2, -0.15) is 13.2 Å². The fourth-order valence-electron chi connectivity index (χ4n) is 0.902. The van der Waals surface area contributed by atoms with Gasteiger partial charge in [0.15, 0.2) is 5.69 Å². The minimum Gasteiger partial charge on any atom is -0.477 e. The van der Waals surface area contributed by atoms with Crippen molar-refractivity contribution >= 4 is 21.6 Å². The van der Waals surface area contributed by atoms with Crippen LogP contribution in [-0.4, -0.2) is 11.6 Å². The molecule has 0 spiro atoms.